The zero-order valence-corrected chi connectivity index (χ0v) is 7.46. The molecule has 0 aliphatic carbocycles. The molecule has 0 fully saturated rings. The van der Waals surface area contributed by atoms with Gasteiger partial charge in [-0.25, -0.2) is 4.79 Å². The van der Waals surface area contributed by atoms with Gasteiger partial charge in [-0.1, -0.05) is 12.2 Å². The van der Waals surface area contributed by atoms with Crippen LogP contribution in [0.1, 0.15) is 13.8 Å². The molecule has 0 saturated carbocycles. The number of hydrogen-bond donors (Lipinski definition) is 0. The first-order chi connectivity index (χ1) is 5.57. The van der Waals surface area contributed by atoms with Crippen molar-refractivity contribution in [3.8, 4) is 0 Å². The number of carbonyl (C=O) groups excluding carboxylic acids is 2. The highest BCUT2D eigenvalue weighted by atomic mass is 16.5. The molecule has 0 amide bonds. The lowest BCUT2D eigenvalue weighted by atomic mass is 10.2. The maximum absolute atomic E-state index is 10.8. The van der Waals surface area contributed by atoms with E-state index in [-0.39, 0.29) is 11.8 Å². The molecule has 12 heavy (non-hydrogen) atoms. The predicted octanol–water partition coefficient (Wildman–Crippen LogP) is 1.25. The number of allylic oxidation sites excluding steroid dienone is 3. The zero-order valence-electron chi connectivity index (χ0n) is 7.46. The molecule has 0 aromatic rings. The quantitative estimate of drug-likeness (QED) is 0.362. The summed E-state index contributed by atoms with van der Waals surface area (Å²) in [6.07, 6.45) is 4.44. The van der Waals surface area contributed by atoms with Crippen molar-refractivity contribution in [1.82, 2.24) is 0 Å². The Morgan fingerprint density at radius 3 is 2.25 bits per heavy atom. The highest BCUT2D eigenvalue weighted by molar-refractivity contribution is 5.89. The molecule has 0 aliphatic rings. The summed E-state index contributed by atoms with van der Waals surface area (Å²) in [5.41, 5.74) is 0.468. The fraction of sp³-hybridized carbons (Fsp3) is 0.333. The molecule has 0 rings (SSSR count). The van der Waals surface area contributed by atoms with Crippen LogP contribution in [0.4, 0.5) is 0 Å². The van der Waals surface area contributed by atoms with Gasteiger partial charge in [0.25, 0.3) is 0 Å². The normalized spacial score (nSPS) is 11.8. The van der Waals surface area contributed by atoms with Gasteiger partial charge in [0.05, 0.1) is 7.11 Å². The lowest BCUT2D eigenvalue weighted by molar-refractivity contribution is -0.136. The molecule has 0 N–H and O–H groups in total. The van der Waals surface area contributed by atoms with E-state index in [1.807, 2.05) is 0 Å². The lowest BCUT2D eigenvalue weighted by Gasteiger charge is -1.94. The summed E-state index contributed by atoms with van der Waals surface area (Å²) >= 11 is 0. The molecule has 0 atom stereocenters. The van der Waals surface area contributed by atoms with E-state index < -0.39 is 0 Å². The fourth-order valence-electron chi connectivity index (χ4n) is 0.557. The zero-order chi connectivity index (χ0) is 9.56. The second-order valence-electron chi connectivity index (χ2n) is 2.31. The predicted molar refractivity (Wildman–Crippen MR) is 45.6 cm³/mol. The SMILES string of the molecule is COC(=O)C(C)=CC=CC(C)=O. The third kappa shape index (κ3) is 4.44. The molecule has 3 heteroatoms. The number of ketones is 1. The number of rotatable bonds is 3. The standard InChI is InChI=1S/C9H12O3/c1-7(9(11)12-3)5-4-6-8(2)10/h4-6H,1-3H3. The summed E-state index contributed by atoms with van der Waals surface area (Å²) in [7, 11) is 1.31. The molecule has 0 spiro atoms. The molecule has 0 heterocycles. The molecular weight excluding hydrogens is 156 g/mol. The van der Waals surface area contributed by atoms with Crippen molar-refractivity contribution in [1.29, 1.82) is 0 Å². The van der Waals surface area contributed by atoms with Crippen LogP contribution >= 0.6 is 0 Å². The van der Waals surface area contributed by atoms with E-state index in [4.69, 9.17) is 0 Å². The first kappa shape index (κ1) is 10.6. The van der Waals surface area contributed by atoms with Gasteiger partial charge in [0.1, 0.15) is 0 Å². The van der Waals surface area contributed by atoms with Crippen molar-refractivity contribution >= 4 is 11.8 Å². The van der Waals surface area contributed by atoms with Gasteiger partial charge in [0, 0.05) is 5.57 Å². The fourth-order valence-corrected chi connectivity index (χ4v) is 0.557. The number of ether oxygens (including phenoxy) is 1. The number of hydrogen-bond acceptors (Lipinski definition) is 3. The third-order valence-electron chi connectivity index (χ3n) is 1.18. The van der Waals surface area contributed by atoms with Crippen LogP contribution in [0.5, 0.6) is 0 Å². The van der Waals surface area contributed by atoms with E-state index >= 15 is 0 Å². The van der Waals surface area contributed by atoms with Crippen LogP contribution in [0.25, 0.3) is 0 Å². The van der Waals surface area contributed by atoms with Crippen molar-refractivity contribution in [2.45, 2.75) is 13.8 Å². The average Bonchev–Trinajstić information content (AvgIpc) is 2.02. The van der Waals surface area contributed by atoms with E-state index in [1.54, 1.807) is 6.92 Å². The lowest BCUT2D eigenvalue weighted by Crippen LogP contribution is -2.00. The first-order valence-electron chi connectivity index (χ1n) is 3.51. The molecule has 66 valence electrons. The minimum absolute atomic E-state index is 0.0519. The Bertz CT molecular complexity index is 236. The summed E-state index contributed by atoms with van der Waals surface area (Å²) in [6, 6.07) is 0. The summed E-state index contributed by atoms with van der Waals surface area (Å²) in [5, 5.41) is 0. The Morgan fingerprint density at radius 2 is 1.83 bits per heavy atom. The Kier molecular flexibility index (Phi) is 4.69. The van der Waals surface area contributed by atoms with Gasteiger partial charge >= 0.3 is 5.97 Å². The number of esters is 1. The summed E-state index contributed by atoms with van der Waals surface area (Å²) in [4.78, 5) is 21.2. The van der Waals surface area contributed by atoms with Crippen molar-refractivity contribution in [3.63, 3.8) is 0 Å². The molecule has 0 aromatic heterocycles. The third-order valence-corrected chi connectivity index (χ3v) is 1.18. The van der Waals surface area contributed by atoms with Gasteiger partial charge in [-0.2, -0.15) is 0 Å². The van der Waals surface area contributed by atoms with Gasteiger partial charge in [0.15, 0.2) is 5.78 Å². The first-order valence-corrected chi connectivity index (χ1v) is 3.51. The van der Waals surface area contributed by atoms with Crippen LogP contribution in [-0.2, 0) is 14.3 Å². The topological polar surface area (TPSA) is 43.4 Å². The van der Waals surface area contributed by atoms with Gasteiger partial charge < -0.3 is 4.74 Å². The highest BCUT2D eigenvalue weighted by Gasteiger charge is 1.99. The summed E-state index contributed by atoms with van der Waals surface area (Å²) in [6.45, 7) is 3.06. The van der Waals surface area contributed by atoms with Gasteiger partial charge in [-0.05, 0) is 19.9 Å². The van der Waals surface area contributed by atoms with Crippen LogP contribution in [0.2, 0.25) is 0 Å². The van der Waals surface area contributed by atoms with Crippen LogP contribution in [0, 0.1) is 0 Å². The van der Waals surface area contributed by atoms with Crippen molar-refractivity contribution in [2.24, 2.45) is 0 Å². The molecule has 0 bridgehead atoms. The molecule has 3 nitrogen and oxygen atoms in total. The Balaban J connectivity index is 4.18. The average molecular weight is 168 g/mol. The molecule has 0 unspecified atom stereocenters. The number of methoxy groups -OCH3 is 1. The Labute approximate surface area is 71.7 Å². The molecule has 0 aliphatic heterocycles. The minimum Gasteiger partial charge on any atom is -0.466 e. The van der Waals surface area contributed by atoms with E-state index in [0.29, 0.717) is 5.57 Å². The van der Waals surface area contributed by atoms with Crippen molar-refractivity contribution in [2.75, 3.05) is 7.11 Å². The molecule has 0 saturated heterocycles. The van der Waals surface area contributed by atoms with Crippen molar-refractivity contribution in [3.05, 3.63) is 23.8 Å². The maximum Gasteiger partial charge on any atom is 0.333 e. The number of carbonyl (C=O) groups is 2. The Hall–Kier alpha value is -1.38. The van der Waals surface area contributed by atoms with Crippen molar-refractivity contribution < 1.29 is 14.3 Å². The van der Waals surface area contributed by atoms with Gasteiger partial charge in [-0.3, -0.25) is 4.79 Å². The molecular formula is C9H12O3. The molecule has 0 radical (unpaired) electrons. The summed E-state index contributed by atoms with van der Waals surface area (Å²) in [5.74, 6) is -0.438. The summed E-state index contributed by atoms with van der Waals surface area (Å²) < 4.78 is 4.44. The second kappa shape index (κ2) is 5.29. The van der Waals surface area contributed by atoms with Gasteiger partial charge in [-0.15, -0.1) is 0 Å². The van der Waals surface area contributed by atoms with Crippen LogP contribution in [0.3, 0.4) is 0 Å². The highest BCUT2D eigenvalue weighted by Crippen LogP contribution is 1.95. The minimum atomic E-state index is -0.386. The van der Waals surface area contributed by atoms with Crippen LogP contribution < -0.4 is 0 Å². The maximum atomic E-state index is 10.8. The molecule has 0 aromatic carbocycles. The van der Waals surface area contributed by atoms with Gasteiger partial charge in [0.2, 0.25) is 0 Å². The van der Waals surface area contributed by atoms with Crippen LogP contribution in [0.15, 0.2) is 23.8 Å². The Morgan fingerprint density at radius 1 is 1.25 bits per heavy atom. The van der Waals surface area contributed by atoms with Crippen LogP contribution in [-0.4, -0.2) is 18.9 Å². The second-order valence-corrected chi connectivity index (χ2v) is 2.31. The van der Waals surface area contributed by atoms with E-state index in [2.05, 4.69) is 4.74 Å². The van der Waals surface area contributed by atoms with E-state index in [9.17, 15) is 9.59 Å². The van der Waals surface area contributed by atoms with E-state index in [1.165, 1.54) is 32.3 Å². The smallest absolute Gasteiger partial charge is 0.333 e. The van der Waals surface area contributed by atoms with E-state index in [0.717, 1.165) is 0 Å². The monoisotopic (exact) mass is 168 g/mol. The largest absolute Gasteiger partial charge is 0.466 e.